The van der Waals surface area contributed by atoms with Gasteiger partial charge in [0.2, 0.25) is 0 Å². The number of halogens is 3. The van der Waals surface area contributed by atoms with Gasteiger partial charge in [-0.3, -0.25) is 0 Å². The molecule has 2 rings (SSSR count). The highest BCUT2D eigenvalue weighted by atomic mass is 19.4. The molecule has 0 fully saturated rings. The summed E-state index contributed by atoms with van der Waals surface area (Å²) in [4.78, 5) is 0. The average Bonchev–Trinajstić information content (AvgIpc) is 2.47. The smallest absolute Gasteiger partial charge is 0.324 e. The maximum absolute atomic E-state index is 12.5. The molecule has 110 valence electrons. The standard InChI is InChI=1S/C17H16F3N/c1-2-3-16(21)14-6-4-12(5-7-14)13-8-10-15(11-9-13)17(18,19)20/h2,4-11,16H,1,3,21H2/t16-/m1/s1. The third kappa shape index (κ3) is 3.73. The summed E-state index contributed by atoms with van der Waals surface area (Å²) >= 11 is 0. The first-order valence-corrected chi connectivity index (χ1v) is 6.56. The molecular weight excluding hydrogens is 275 g/mol. The van der Waals surface area contributed by atoms with Gasteiger partial charge in [0.05, 0.1) is 5.56 Å². The molecule has 4 heteroatoms. The molecule has 0 saturated carbocycles. The van der Waals surface area contributed by atoms with Gasteiger partial charge in [0.1, 0.15) is 0 Å². The Hall–Kier alpha value is -2.07. The van der Waals surface area contributed by atoms with E-state index >= 15 is 0 Å². The lowest BCUT2D eigenvalue weighted by Crippen LogP contribution is -2.08. The van der Waals surface area contributed by atoms with Gasteiger partial charge in [-0.15, -0.1) is 6.58 Å². The van der Waals surface area contributed by atoms with Gasteiger partial charge in [0.15, 0.2) is 0 Å². The van der Waals surface area contributed by atoms with Crippen LogP contribution in [0.5, 0.6) is 0 Å². The summed E-state index contributed by atoms with van der Waals surface area (Å²) in [6, 6.07) is 12.5. The Balaban J connectivity index is 2.21. The fraction of sp³-hybridized carbons (Fsp3) is 0.176. The largest absolute Gasteiger partial charge is 0.416 e. The molecule has 0 heterocycles. The lowest BCUT2D eigenvalue weighted by molar-refractivity contribution is -0.137. The topological polar surface area (TPSA) is 26.0 Å². The Morgan fingerprint density at radius 3 is 1.86 bits per heavy atom. The fourth-order valence-electron chi connectivity index (χ4n) is 2.09. The number of rotatable bonds is 4. The molecule has 0 unspecified atom stereocenters. The van der Waals surface area contributed by atoms with Gasteiger partial charge in [-0.1, -0.05) is 42.5 Å². The quantitative estimate of drug-likeness (QED) is 0.793. The Bertz CT molecular complexity index is 597. The normalized spacial score (nSPS) is 13.0. The molecule has 2 N–H and O–H groups in total. The highest BCUT2D eigenvalue weighted by Gasteiger charge is 2.29. The summed E-state index contributed by atoms with van der Waals surface area (Å²) in [7, 11) is 0. The molecule has 0 radical (unpaired) electrons. The molecule has 0 aromatic heterocycles. The Morgan fingerprint density at radius 1 is 0.952 bits per heavy atom. The molecule has 0 amide bonds. The first-order chi connectivity index (χ1) is 9.91. The van der Waals surface area contributed by atoms with Crippen molar-refractivity contribution in [1.82, 2.24) is 0 Å². The van der Waals surface area contributed by atoms with E-state index in [-0.39, 0.29) is 6.04 Å². The number of nitrogens with two attached hydrogens (primary N) is 1. The van der Waals surface area contributed by atoms with E-state index in [0.29, 0.717) is 6.42 Å². The van der Waals surface area contributed by atoms with Crippen molar-refractivity contribution in [2.24, 2.45) is 5.73 Å². The first-order valence-electron chi connectivity index (χ1n) is 6.56. The Kier molecular flexibility index (Phi) is 4.48. The van der Waals surface area contributed by atoms with Crippen molar-refractivity contribution < 1.29 is 13.2 Å². The van der Waals surface area contributed by atoms with Crippen LogP contribution in [0.1, 0.15) is 23.6 Å². The third-order valence-electron chi connectivity index (χ3n) is 3.30. The number of benzene rings is 2. The van der Waals surface area contributed by atoms with Gasteiger partial charge in [-0.05, 0) is 35.2 Å². The second kappa shape index (κ2) is 6.14. The molecule has 0 aliphatic heterocycles. The first kappa shape index (κ1) is 15.3. The molecule has 0 aliphatic carbocycles. The number of hydrogen-bond acceptors (Lipinski definition) is 1. The molecule has 21 heavy (non-hydrogen) atoms. The van der Waals surface area contributed by atoms with E-state index in [1.165, 1.54) is 12.1 Å². The van der Waals surface area contributed by atoms with E-state index < -0.39 is 11.7 Å². The van der Waals surface area contributed by atoms with E-state index in [9.17, 15) is 13.2 Å². The lowest BCUT2D eigenvalue weighted by Gasteiger charge is -2.11. The lowest BCUT2D eigenvalue weighted by atomic mass is 9.99. The van der Waals surface area contributed by atoms with Crippen LogP contribution in [-0.4, -0.2) is 0 Å². The monoisotopic (exact) mass is 291 g/mol. The van der Waals surface area contributed by atoms with Crippen LogP contribution in [0.15, 0.2) is 61.2 Å². The molecule has 0 saturated heterocycles. The van der Waals surface area contributed by atoms with Crippen LogP contribution in [0.25, 0.3) is 11.1 Å². The van der Waals surface area contributed by atoms with Crippen LogP contribution < -0.4 is 5.73 Å². The van der Waals surface area contributed by atoms with Gasteiger partial charge < -0.3 is 5.73 Å². The second-order valence-corrected chi connectivity index (χ2v) is 4.83. The zero-order valence-electron chi connectivity index (χ0n) is 11.4. The van der Waals surface area contributed by atoms with Crippen LogP contribution >= 0.6 is 0 Å². The van der Waals surface area contributed by atoms with Crippen molar-refractivity contribution in [2.45, 2.75) is 18.6 Å². The highest BCUT2D eigenvalue weighted by Crippen LogP contribution is 2.31. The van der Waals surface area contributed by atoms with Crippen molar-refractivity contribution in [2.75, 3.05) is 0 Å². The minimum absolute atomic E-state index is 0.107. The molecular formula is C17H16F3N. The van der Waals surface area contributed by atoms with E-state index in [2.05, 4.69) is 6.58 Å². The predicted molar refractivity (Wildman–Crippen MR) is 78.6 cm³/mol. The third-order valence-corrected chi connectivity index (χ3v) is 3.30. The maximum atomic E-state index is 12.5. The van der Waals surface area contributed by atoms with Crippen LogP contribution in [-0.2, 0) is 6.18 Å². The SMILES string of the molecule is C=CC[C@@H](N)c1ccc(-c2ccc(C(F)(F)F)cc2)cc1. The summed E-state index contributed by atoms with van der Waals surface area (Å²) in [6.45, 7) is 3.65. The zero-order chi connectivity index (χ0) is 15.5. The Labute approximate surface area is 121 Å². The van der Waals surface area contributed by atoms with Gasteiger partial charge in [-0.2, -0.15) is 13.2 Å². The number of hydrogen-bond donors (Lipinski definition) is 1. The molecule has 1 nitrogen and oxygen atoms in total. The van der Waals surface area contributed by atoms with E-state index in [1.807, 2.05) is 24.3 Å². The molecule has 0 aliphatic rings. The average molecular weight is 291 g/mol. The summed E-state index contributed by atoms with van der Waals surface area (Å²) < 4.78 is 37.5. The minimum atomic E-state index is -4.31. The van der Waals surface area contributed by atoms with Crippen LogP contribution in [0.2, 0.25) is 0 Å². The Morgan fingerprint density at radius 2 is 1.43 bits per heavy atom. The number of alkyl halides is 3. The molecule has 0 spiro atoms. The summed E-state index contributed by atoms with van der Waals surface area (Å²) in [6.07, 6.45) is -1.87. The van der Waals surface area contributed by atoms with E-state index in [1.54, 1.807) is 6.08 Å². The van der Waals surface area contributed by atoms with Crippen molar-refractivity contribution >= 4 is 0 Å². The summed E-state index contributed by atoms with van der Waals surface area (Å²) in [5.41, 5.74) is 7.90. The van der Waals surface area contributed by atoms with Gasteiger partial charge in [0.25, 0.3) is 0 Å². The molecule has 2 aromatic carbocycles. The summed E-state index contributed by atoms with van der Waals surface area (Å²) in [5, 5.41) is 0. The zero-order valence-corrected chi connectivity index (χ0v) is 11.4. The summed E-state index contributed by atoms with van der Waals surface area (Å²) in [5.74, 6) is 0. The minimum Gasteiger partial charge on any atom is -0.324 e. The van der Waals surface area contributed by atoms with Crippen molar-refractivity contribution in [3.63, 3.8) is 0 Å². The molecule has 0 bridgehead atoms. The van der Waals surface area contributed by atoms with Crippen molar-refractivity contribution in [3.05, 3.63) is 72.3 Å². The van der Waals surface area contributed by atoms with Crippen LogP contribution in [0, 0.1) is 0 Å². The van der Waals surface area contributed by atoms with Crippen molar-refractivity contribution in [1.29, 1.82) is 0 Å². The van der Waals surface area contributed by atoms with Gasteiger partial charge in [0, 0.05) is 6.04 Å². The fourth-order valence-corrected chi connectivity index (χ4v) is 2.09. The van der Waals surface area contributed by atoms with Gasteiger partial charge in [-0.25, -0.2) is 0 Å². The van der Waals surface area contributed by atoms with Gasteiger partial charge >= 0.3 is 6.18 Å². The van der Waals surface area contributed by atoms with Crippen LogP contribution in [0.4, 0.5) is 13.2 Å². The maximum Gasteiger partial charge on any atom is 0.416 e. The molecule has 2 aromatic rings. The molecule has 1 atom stereocenters. The van der Waals surface area contributed by atoms with E-state index in [4.69, 9.17) is 5.73 Å². The van der Waals surface area contributed by atoms with Crippen LogP contribution in [0.3, 0.4) is 0 Å². The van der Waals surface area contributed by atoms with E-state index in [0.717, 1.165) is 28.8 Å². The van der Waals surface area contributed by atoms with Crippen molar-refractivity contribution in [3.8, 4) is 11.1 Å². The highest BCUT2D eigenvalue weighted by molar-refractivity contribution is 5.64. The predicted octanol–water partition coefficient (Wildman–Crippen LogP) is 4.95. The second-order valence-electron chi connectivity index (χ2n) is 4.83.